The van der Waals surface area contributed by atoms with Crippen molar-refractivity contribution in [2.45, 2.75) is 32.9 Å². The first-order valence-corrected chi connectivity index (χ1v) is 8.53. The fourth-order valence-corrected chi connectivity index (χ4v) is 3.45. The Morgan fingerprint density at radius 1 is 1.22 bits per heavy atom. The van der Waals surface area contributed by atoms with Gasteiger partial charge in [-0.2, -0.15) is 0 Å². The van der Waals surface area contributed by atoms with Crippen molar-refractivity contribution in [3.63, 3.8) is 0 Å². The number of piperazine rings is 1. The molecule has 0 unspecified atom stereocenters. The second-order valence-corrected chi connectivity index (χ2v) is 6.54. The Labute approximate surface area is 138 Å². The highest BCUT2D eigenvalue weighted by Crippen LogP contribution is 2.24. The number of anilines is 1. The maximum atomic E-state index is 12.7. The van der Waals surface area contributed by atoms with Gasteiger partial charge in [-0.1, -0.05) is 12.1 Å². The van der Waals surface area contributed by atoms with Crippen LogP contribution in [0.2, 0.25) is 0 Å². The van der Waals surface area contributed by atoms with Gasteiger partial charge in [-0.15, -0.1) is 0 Å². The molecule has 0 saturated carbocycles. The van der Waals surface area contributed by atoms with Crippen molar-refractivity contribution < 1.29 is 9.53 Å². The zero-order chi connectivity index (χ0) is 16.4. The third-order valence-electron chi connectivity index (χ3n) is 5.09. The fourth-order valence-electron chi connectivity index (χ4n) is 3.45. The monoisotopic (exact) mass is 317 g/mol. The molecule has 2 saturated heterocycles. The van der Waals surface area contributed by atoms with E-state index < -0.39 is 0 Å². The lowest BCUT2D eigenvalue weighted by molar-refractivity contribution is -0.139. The van der Waals surface area contributed by atoms with Crippen molar-refractivity contribution in [3.8, 4) is 0 Å². The normalized spacial score (nSPS) is 25.5. The summed E-state index contributed by atoms with van der Waals surface area (Å²) in [4.78, 5) is 17.1. The van der Waals surface area contributed by atoms with Crippen LogP contribution < -0.4 is 10.2 Å². The summed E-state index contributed by atoms with van der Waals surface area (Å²) in [6, 6.07) is 6.24. The van der Waals surface area contributed by atoms with Crippen LogP contribution in [0.3, 0.4) is 0 Å². The number of nitrogens with one attached hydrogen (secondary N) is 1. The van der Waals surface area contributed by atoms with Crippen molar-refractivity contribution in [2.24, 2.45) is 0 Å². The summed E-state index contributed by atoms with van der Waals surface area (Å²) in [5.41, 5.74) is 3.95. The first kappa shape index (κ1) is 16.3. The zero-order valence-electron chi connectivity index (χ0n) is 14.3. The highest BCUT2D eigenvalue weighted by atomic mass is 16.5. The molecule has 0 aliphatic carbocycles. The number of nitrogens with zero attached hydrogens (tertiary/aromatic N) is 2. The predicted molar refractivity (Wildman–Crippen MR) is 91.9 cm³/mol. The smallest absolute Gasteiger partial charge is 0.242 e. The lowest BCUT2D eigenvalue weighted by atomic mass is 10.1. The number of rotatable bonds is 2. The van der Waals surface area contributed by atoms with Gasteiger partial charge in [-0.3, -0.25) is 4.79 Å². The molecule has 0 aromatic heterocycles. The lowest BCUT2D eigenvalue weighted by Crippen LogP contribution is -2.59. The van der Waals surface area contributed by atoms with Crippen molar-refractivity contribution in [1.29, 1.82) is 0 Å². The third kappa shape index (κ3) is 3.35. The van der Waals surface area contributed by atoms with Gasteiger partial charge in [0.2, 0.25) is 5.91 Å². The van der Waals surface area contributed by atoms with Gasteiger partial charge in [0.05, 0.1) is 12.7 Å². The van der Waals surface area contributed by atoms with Gasteiger partial charge < -0.3 is 19.9 Å². The van der Waals surface area contributed by atoms with Crippen LogP contribution in [0.4, 0.5) is 5.69 Å². The number of hydrogen-bond acceptors (Lipinski definition) is 4. The second kappa shape index (κ2) is 6.89. The Balaban J connectivity index is 1.62. The molecule has 1 aromatic rings. The van der Waals surface area contributed by atoms with E-state index in [1.54, 1.807) is 0 Å². The van der Waals surface area contributed by atoms with E-state index in [9.17, 15) is 4.79 Å². The van der Waals surface area contributed by atoms with Crippen LogP contribution >= 0.6 is 0 Å². The van der Waals surface area contributed by atoms with Gasteiger partial charge in [0.1, 0.15) is 6.04 Å². The van der Waals surface area contributed by atoms with E-state index in [4.69, 9.17) is 4.74 Å². The topological polar surface area (TPSA) is 44.8 Å². The summed E-state index contributed by atoms with van der Waals surface area (Å²) in [6.45, 7) is 11.1. The third-order valence-corrected chi connectivity index (χ3v) is 5.09. The summed E-state index contributed by atoms with van der Waals surface area (Å²) < 4.78 is 5.60. The summed E-state index contributed by atoms with van der Waals surface area (Å²) in [7, 11) is 0. The van der Waals surface area contributed by atoms with E-state index in [1.165, 1.54) is 16.8 Å². The number of amides is 1. The number of benzene rings is 1. The van der Waals surface area contributed by atoms with Crippen LogP contribution in [0.5, 0.6) is 0 Å². The van der Waals surface area contributed by atoms with E-state index in [1.807, 2.05) is 11.8 Å². The molecule has 1 amide bonds. The average molecular weight is 317 g/mol. The molecule has 126 valence electrons. The van der Waals surface area contributed by atoms with E-state index in [-0.39, 0.29) is 18.1 Å². The molecule has 5 nitrogen and oxygen atoms in total. The van der Waals surface area contributed by atoms with Gasteiger partial charge in [0.15, 0.2) is 0 Å². The molecule has 1 N–H and O–H groups in total. The minimum atomic E-state index is -0.198. The fraction of sp³-hybridized carbons (Fsp3) is 0.611. The maximum absolute atomic E-state index is 12.7. The molecular formula is C18H27N3O2. The van der Waals surface area contributed by atoms with E-state index >= 15 is 0 Å². The second-order valence-electron chi connectivity index (χ2n) is 6.54. The molecule has 0 spiro atoms. The van der Waals surface area contributed by atoms with Crippen molar-refractivity contribution in [1.82, 2.24) is 10.2 Å². The Morgan fingerprint density at radius 2 is 1.96 bits per heavy atom. The van der Waals surface area contributed by atoms with Crippen LogP contribution in [0.1, 0.15) is 18.1 Å². The quantitative estimate of drug-likeness (QED) is 0.894. The van der Waals surface area contributed by atoms with Crippen molar-refractivity contribution in [2.75, 3.05) is 44.2 Å². The number of ether oxygens (including phenoxy) is 1. The van der Waals surface area contributed by atoms with E-state index in [0.717, 1.165) is 32.7 Å². The van der Waals surface area contributed by atoms with Gasteiger partial charge in [0.25, 0.3) is 0 Å². The van der Waals surface area contributed by atoms with Crippen LogP contribution in [0, 0.1) is 13.8 Å². The summed E-state index contributed by atoms with van der Waals surface area (Å²) in [5, 5.41) is 3.30. The maximum Gasteiger partial charge on any atom is 0.242 e. The van der Waals surface area contributed by atoms with Gasteiger partial charge in [-0.25, -0.2) is 0 Å². The highest BCUT2D eigenvalue weighted by molar-refractivity contribution is 5.83. The molecule has 2 heterocycles. The summed E-state index contributed by atoms with van der Waals surface area (Å²) in [6.07, 6.45) is -0.0479. The predicted octanol–water partition coefficient (Wildman–Crippen LogP) is 1.33. The molecule has 2 aliphatic rings. The molecule has 0 radical (unpaired) electrons. The van der Waals surface area contributed by atoms with Gasteiger partial charge >= 0.3 is 0 Å². The van der Waals surface area contributed by atoms with Crippen LogP contribution in [0.25, 0.3) is 0 Å². The molecule has 23 heavy (non-hydrogen) atoms. The van der Waals surface area contributed by atoms with Gasteiger partial charge in [-0.05, 0) is 38.0 Å². The molecular weight excluding hydrogens is 290 g/mol. The Kier molecular flexibility index (Phi) is 4.87. The molecule has 0 bridgehead atoms. The SMILES string of the molecule is Cc1cccc(N2CCN(C(=O)[C@H]3NCCO[C@@H]3C)CC2)c1C. The Bertz CT molecular complexity index is 567. The summed E-state index contributed by atoms with van der Waals surface area (Å²) >= 11 is 0. The molecule has 1 aromatic carbocycles. The summed E-state index contributed by atoms with van der Waals surface area (Å²) in [5.74, 6) is 0.179. The van der Waals surface area contributed by atoms with Crippen molar-refractivity contribution in [3.05, 3.63) is 29.3 Å². The highest BCUT2D eigenvalue weighted by Gasteiger charge is 2.33. The Morgan fingerprint density at radius 3 is 2.65 bits per heavy atom. The molecule has 3 rings (SSSR count). The molecule has 2 aliphatic heterocycles. The van der Waals surface area contributed by atoms with Crippen LogP contribution in [0.15, 0.2) is 18.2 Å². The minimum Gasteiger partial charge on any atom is -0.375 e. The molecule has 2 atom stereocenters. The number of aryl methyl sites for hydroxylation is 1. The number of hydrogen-bond donors (Lipinski definition) is 1. The minimum absolute atomic E-state index is 0.0479. The van der Waals surface area contributed by atoms with Crippen molar-refractivity contribution >= 4 is 11.6 Å². The molecule has 2 fully saturated rings. The lowest BCUT2D eigenvalue weighted by Gasteiger charge is -2.40. The Hall–Kier alpha value is -1.59. The van der Waals surface area contributed by atoms with E-state index in [0.29, 0.717) is 6.61 Å². The van der Waals surface area contributed by atoms with Gasteiger partial charge in [0, 0.05) is 38.4 Å². The van der Waals surface area contributed by atoms with Crippen LogP contribution in [-0.2, 0) is 9.53 Å². The molecule has 5 heteroatoms. The number of carbonyl (C=O) groups excluding carboxylic acids is 1. The number of morpholine rings is 1. The first-order chi connectivity index (χ1) is 11.1. The first-order valence-electron chi connectivity index (χ1n) is 8.53. The zero-order valence-corrected chi connectivity index (χ0v) is 14.3. The number of carbonyl (C=O) groups is 1. The largest absolute Gasteiger partial charge is 0.375 e. The average Bonchev–Trinajstić information content (AvgIpc) is 2.57. The van der Waals surface area contributed by atoms with Crippen LogP contribution in [-0.4, -0.2) is 62.3 Å². The standard InChI is InChI=1S/C18H27N3O2/c1-13-5-4-6-16(14(13)2)20-8-10-21(11-9-20)18(22)17-15(3)23-12-7-19-17/h4-6,15,17,19H,7-12H2,1-3H3/t15-,17+/m1/s1. The van der Waals surface area contributed by atoms with E-state index in [2.05, 4.69) is 42.3 Å².